The molecule has 6 nitrogen and oxygen atoms in total. The number of hydrogen-bond acceptors (Lipinski definition) is 6. The second kappa shape index (κ2) is 8.70. The second-order valence-electron chi connectivity index (χ2n) is 5.09. The molecule has 2 rings (SSSR count). The van der Waals surface area contributed by atoms with Crippen molar-refractivity contribution in [3.8, 4) is 0 Å². The predicted molar refractivity (Wildman–Crippen MR) is 94.7 cm³/mol. The van der Waals surface area contributed by atoms with Crippen LogP contribution in [0.3, 0.4) is 0 Å². The van der Waals surface area contributed by atoms with Gasteiger partial charge in [0.1, 0.15) is 4.32 Å². The molecular formula is C16H16N2O4S2. The van der Waals surface area contributed by atoms with Gasteiger partial charge in [0.15, 0.2) is 5.78 Å². The van der Waals surface area contributed by atoms with E-state index in [1.54, 1.807) is 24.4 Å². The zero-order valence-corrected chi connectivity index (χ0v) is 14.4. The fraction of sp³-hybridized carbons (Fsp3) is 0.312. The van der Waals surface area contributed by atoms with Crippen LogP contribution in [0.2, 0.25) is 0 Å². The van der Waals surface area contributed by atoms with Gasteiger partial charge in [0.2, 0.25) is 0 Å². The molecule has 0 saturated carbocycles. The molecule has 1 aliphatic heterocycles. The number of aromatic nitrogens is 1. The number of ketones is 1. The van der Waals surface area contributed by atoms with Gasteiger partial charge < -0.3 is 5.11 Å². The molecule has 0 aromatic carbocycles. The van der Waals surface area contributed by atoms with Gasteiger partial charge in [0.25, 0.3) is 5.91 Å². The summed E-state index contributed by atoms with van der Waals surface area (Å²) in [6.45, 7) is 0.295. The average molecular weight is 364 g/mol. The Morgan fingerprint density at radius 3 is 2.83 bits per heavy atom. The van der Waals surface area contributed by atoms with Crippen molar-refractivity contribution in [2.75, 3.05) is 6.54 Å². The summed E-state index contributed by atoms with van der Waals surface area (Å²) < 4.78 is 0.426. The molecule has 2 heterocycles. The fourth-order valence-electron chi connectivity index (χ4n) is 2.13. The number of hydrogen-bond donors (Lipinski definition) is 1. The van der Waals surface area contributed by atoms with Gasteiger partial charge in [-0.1, -0.05) is 30.1 Å². The van der Waals surface area contributed by atoms with Crippen LogP contribution in [-0.2, 0) is 9.59 Å². The molecule has 1 N–H and O–H groups in total. The molecule has 1 aliphatic rings. The minimum atomic E-state index is -0.898. The third-order valence-electron chi connectivity index (χ3n) is 3.33. The third-order valence-corrected chi connectivity index (χ3v) is 4.76. The number of aliphatic carboxylic acids is 1. The van der Waals surface area contributed by atoms with Gasteiger partial charge in [-0.05, 0) is 25.0 Å². The van der Waals surface area contributed by atoms with E-state index in [-0.39, 0.29) is 24.5 Å². The van der Waals surface area contributed by atoms with Gasteiger partial charge >= 0.3 is 5.97 Å². The topological polar surface area (TPSA) is 87.6 Å². The van der Waals surface area contributed by atoms with Crippen LogP contribution in [-0.4, -0.2) is 43.5 Å². The number of pyridine rings is 1. The molecule has 24 heavy (non-hydrogen) atoms. The van der Waals surface area contributed by atoms with Crippen molar-refractivity contribution in [2.45, 2.75) is 25.7 Å². The highest BCUT2D eigenvalue weighted by Crippen LogP contribution is 2.31. The molecule has 1 aromatic heterocycles. The number of Topliss-reactive ketones (excluding diaryl/α,β-unsaturated/α-hetero) is 1. The smallest absolute Gasteiger partial charge is 0.303 e. The molecular weight excluding hydrogens is 348 g/mol. The molecule has 8 heteroatoms. The van der Waals surface area contributed by atoms with E-state index in [1.165, 1.54) is 22.9 Å². The van der Waals surface area contributed by atoms with E-state index >= 15 is 0 Å². The lowest BCUT2D eigenvalue weighted by atomic mass is 10.1. The standard InChI is InChI=1S/C16H16N2O4S2/c19-12(11-4-2-8-17-10-11)5-1-6-13-15(22)18(16(23)24-13)9-3-7-14(20)21/h2,4,6,8,10H,1,3,5,7,9H2,(H,20,21)/b13-6-. The minimum Gasteiger partial charge on any atom is -0.481 e. The summed E-state index contributed by atoms with van der Waals surface area (Å²) in [5, 5.41) is 8.64. The number of thioether (sulfide) groups is 1. The van der Waals surface area contributed by atoms with Crippen molar-refractivity contribution in [1.29, 1.82) is 0 Å². The SMILES string of the molecule is O=C(O)CCCN1C(=O)/C(=C/CCC(=O)c2cccnc2)SC1=S. The number of amides is 1. The maximum atomic E-state index is 12.2. The fourth-order valence-corrected chi connectivity index (χ4v) is 3.44. The number of carbonyl (C=O) groups is 3. The molecule has 1 fully saturated rings. The van der Waals surface area contributed by atoms with E-state index in [1.807, 2.05) is 0 Å². The summed E-state index contributed by atoms with van der Waals surface area (Å²) in [5.41, 5.74) is 0.548. The first kappa shape index (κ1) is 18.3. The van der Waals surface area contributed by atoms with Crippen LogP contribution < -0.4 is 0 Å². The molecule has 0 bridgehead atoms. The van der Waals surface area contributed by atoms with Gasteiger partial charge in [-0.3, -0.25) is 24.3 Å². The lowest BCUT2D eigenvalue weighted by molar-refractivity contribution is -0.137. The van der Waals surface area contributed by atoms with Crippen molar-refractivity contribution < 1.29 is 19.5 Å². The Bertz CT molecular complexity index is 689. The molecule has 0 spiro atoms. The summed E-state index contributed by atoms with van der Waals surface area (Å²) in [5.74, 6) is -1.15. The highest BCUT2D eigenvalue weighted by molar-refractivity contribution is 8.26. The Hall–Kier alpha value is -2.06. The van der Waals surface area contributed by atoms with Gasteiger partial charge in [0, 0.05) is 37.3 Å². The van der Waals surface area contributed by atoms with Crippen molar-refractivity contribution in [1.82, 2.24) is 9.88 Å². The molecule has 1 amide bonds. The number of carboxylic acids is 1. The van der Waals surface area contributed by atoms with Gasteiger partial charge in [-0.2, -0.15) is 0 Å². The van der Waals surface area contributed by atoms with E-state index in [4.69, 9.17) is 17.3 Å². The highest BCUT2D eigenvalue weighted by Gasteiger charge is 2.31. The minimum absolute atomic E-state index is 0.00425. The molecule has 0 unspecified atom stereocenters. The number of carboxylic acid groups (broad SMARTS) is 1. The normalized spacial score (nSPS) is 16.0. The summed E-state index contributed by atoms with van der Waals surface area (Å²) in [7, 11) is 0. The lowest BCUT2D eigenvalue weighted by Crippen LogP contribution is -2.29. The Morgan fingerprint density at radius 1 is 1.38 bits per heavy atom. The summed E-state index contributed by atoms with van der Waals surface area (Å²) in [4.78, 5) is 40.6. The highest BCUT2D eigenvalue weighted by atomic mass is 32.2. The summed E-state index contributed by atoms with van der Waals surface area (Å²) >= 11 is 6.34. The molecule has 0 aliphatic carbocycles. The molecule has 126 valence electrons. The van der Waals surface area contributed by atoms with E-state index in [0.717, 1.165) is 0 Å². The Balaban J connectivity index is 1.87. The van der Waals surface area contributed by atoms with E-state index < -0.39 is 5.97 Å². The van der Waals surface area contributed by atoms with Crippen LogP contribution in [0.1, 0.15) is 36.0 Å². The van der Waals surface area contributed by atoms with E-state index in [0.29, 0.717) is 34.2 Å². The first-order valence-electron chi connectivity index (χ1n) is 7.38. The number of rotatable bonds is 8. The van der Waals surface area contributed by atoms with Crippen LogP contribution in [0.15, 0.2) is 35.5 Å². The number of carbonyl (C=O) groups excluding carboxylic acids is 2. The quantitative estimate of drug-likeness (QED) is 0.431. The van der Waals surface area contributed by atoms with Crippen LogP contribution in [0.4, 0.5) is 0 Å². The monoisotopic (exact) mass is 364 g/mol. The van der Waals surface area contributed by atoms with E-state index in [9.17, 15) is 14.4 Å². The number of thiocarbonyl (C=S) groups is 1. The largest absolute Gasteiger partial charge is 0.481 e. The van der Waals surface area contributed by atoms with Crippen LogP contribution in [0.5, 0.6) is 0 Å². The lowest BCUT2D eigenvalue weighted by Gasteiger charge is -2.13. The molecule has 0 atom stereocenters. The third kappa shape index (κ3) is 4.97. The van der Waals surface area contributed by atoms with Crippen molar-refractivity contribution >= 4 is 46.0 Å². The number of allylic oxidation sites excluding steroid dienone is 1. The van der Waals surface area contributed by atoms with Crippen LogP contribution in [0, 0.1) is 0 Å². The Kier molecular flexibility index (Phi) is 6.62. The zero-order chi connectivity index (χ0) is 17.5. The summed E-state index contributed by atoms with van der Waals surface area (Å²) in [6.07, 6.45) is 5.91. The molecule has 1 aromatic rings. The second-order valence-corrected chi connectivity index (χ2v) is 6.77. The predicted octanol–water partition coefficient (Wildman–Crippen LogP) is 2.65. The van der Waals surface area contributed by atoms with Crippen molar-refractivity contribution in [2.24, 2.45) is 0 Å². The van der Waals surface area contributed by atoms with Crippen LogP contribution in [0.25, 0.3) is 0 Å². The first-order valence-corrected chi connectivity index (χ1v) is 8.60. The molecule has 1 saturated heterocycles. The van der Waals surface area contributed by atoms with Crippen molar-refractivity contribution in [3.05, 3.63) is 41.1 Å². The maximum absolute atomic E-state index is 12.2. The molecule has 0 radical (unpaired) electrons. The first-order chi connectivity index (χ1) is 11.5. The van der Waals surface area contributed by atoms with Gasteiger partial charge in [-0.25, -0.2) is 0 Å². The Labute approximate surface area is 148 Å². The number of nitrogens with zero attached hydrogens (tertiary/aromatic N) is 2. The average Bonchev–Trinajstić information content (AvgIpc) is 2.83. The van der Waals surface area contributed by atoms with Gasteiger partial charge in [0.05, 0.1) is 4.91 Å². The van der Waals surface area contributed by atoms with Gasteiger partial charge in [-0.15, -0.1) is 0 Å². The zero-order valence-electron chi connectivity index (χ0n) is 12.8. The van der Waals surface area contributed by atoms with E-state index in [2.05, 4.69) is 4.98 Å². The maximum Gasteiger partial charge on any atom is 0.303 e. The van der Waals surface area contributed by atoms with Crippen molar-refractivity contribution in [3.63, 3.8) is 0 Å². The Morgan fingerprint density at radius 2 is 2.17 bits per heavy atom. The van der Waals surface area contributed by atoms with Crippen LogP contribution >= 0.6 is 24.0 Å². The summed E-state index contributed by atoms with van der Waals surface area (Å²) in [6, 6.07) is 3.41.